The van der Waals surface area contributed by atoms with E-state index in [9.17, 15) is 4.79 Å². The summed E-state index contributed by atoms with van der Waals surface area (Å²) in [6, 6.07) is 14.9. The Bertz CT molecular complexity index is 689. The Morgan fingerprint density at radius 3 is 2.44 bits per heavy atom. The Hall–Kier alpha value is -2.73. The third kappa shape index (κ3) is 7.58. The molecule has 2 aromatic rings. The molecule has 0 aliphatic heterocycles. The molecule has 0 radical (unpaired) electrons. The van der Waals surface area contributed by atoms with Crippen molar-refractivity contribution in [2.24, 2.45) is 0 Å². The van der Waals surface area contributed by atoms with Gasteiger partial charge in [0.05, 0.1) is 25.4 Å². The number of rotatable bonds is 12. The van der Waals surface area contributed by atoms with Crippen LogP contribution in [0.25, 0.3) is 0 Å². The van der Waals surface area contributed by atoms with Gasteiger partial charge in [-0.1, -0.05) is 19.1 Å². The molecule has 0 aromatic heterocycles. The summed E-state index contributed by atoms with van der Waals surface area (Å²) in [5.41, 5.74) is 1.50. The minimum absolute atomic E-state index is 0.151. The molecule has 0 unspecified atom stereocenters. The molecule has 1 amide bonds. The largest absolute Gasteiger partial charge is 0.494 e. The lowest BCUT2D eigenvalue weighted by Gasteiger charge is -2.13. The van der Waals surface area contributed by atoms with Gasteiger partial charge in [-0.25, -0.2) is 0 Å². The zero-order chi connectivity index (χ0) is 19.3. The second-order valence-corrected chi connectivity index (χ2v) is 5.82. The smallest absolute Gasteiger partial charge is 0.243 e. The number of para-hydroxylation sites is 2. The van der Waals surface area contributed by atoms with Crippen LogP contribution < -0.4 is 20.1 Å². The van der Waals surface area contributed by atoms with E-state index in [1.807, 2.05) is 55.5 Å². The molecule has 6 nitrogen and oxygen atoms in total. The Morgan fingerprint density at radius 1 is 0.926 bits per heavy atom. The van der Waals surface area contributed by atoms with E-state index in [0.717, 1.165) is 17.9 Å². The number of hydrogen-bond donors (Lipinski definition) is 2. The molecule has 0 bridgehead atoms. The molecule has 2 N–H and O–H groups in total. The van der Waals surface area contributed by atoms with Crippen molar-refractivity contribution in [2.75, 3.05) is 43.6 Å². The Balaban J connectivity index is 1.81. The summed E-state index contributed by atoms with van der Waals surface area (Å²) in [6.45, 7) is 6.45. The van der Waals surface area contributed by atoms with Gasteiger partial charge in [0.15, 0.2) is 0 Å². The maximum atomic E-state index is 12.2. The van der Waals surface area contributed by atoms with Crippen LogP contribution in [0.4, 0.5) is 11.4 Å². The van der Waals surface area contributed by atoms with Crippen molar-refractivity contribution in [3.63, 3.8) is 0 Å². The third-order valence-electron chi connectivity index (χ3n) is 3.63. The van der Waals surface area contributed by atoms with Crippen molar-refractivity contribution in [1.82, 2.24) is 0 Å². The SMILES string of the molecule is CCCOc1ccc(NCC(=O)Nc2ccccc2OCCOCC)cc1. The summed E-state index contributed by atoms with van der Waals surface area (Å²) in [4.78, 5) is 12.2. The van der Waals surface area contributed by atoms with E-state index in [1.54, 1.807) is 0 Å². The lowest BCUT2D eigenvalue weighted by Crippen LogP contribution is -2.22. The number of hydrogen-bond acceptors (Lipinski definition) is 5. The van der Waals surface area contributed by atoms with E-state index in [1.165, 1.54) is 0 Å². The Kier molecular flexibility index (Phi) is 9.00. The molecule has 0 atom stereocenters. The molecule has 6 heteroatoms. The summed E-state index contributed by atoms with van der Waals surface area (Å²) < 4.78 is 16.5. The fourth-order valence-electron chi connectivity index (χ4n) is 2.32. The summed E-state index contributed by atoms with van der Waals surface area (Å²) in [6.07, 6.45) is 0.969. The minimum Gasteiger partial charge on any atom is -0.494 e. The monoisotopic (exact) mass is 372 g/mol. The van der Waals surface area contributed by atoms with E-state index in [0.29, 0.717) is 37.9 Å². The standard InChI is InChI=1S/C21H28N2O4/c1-3-13-26-18-11-9-17(10-12-18)22-16-21(24)23-19-7-5-6-8-20(19)27-15-14-25-4-2/h5-12,22H,3-4,13-16H2,1-2H3,(H,23,24). The Labute approximate surface area is 160 Å². The summed E-state index contributed by atoms with van der Waals surface area (Å²) in [5, 5.41) is 5.97. The molecular weight excluding hydrogens is 344 g/mol. The topological polar surface area (TPSA) is 68.8 Å². The van der Waals surface area contributed by atoms with Crippen molar-refractivity contribution < 1.29 is 19.0 Å². The van der Waals surface area contributed by atoms with Gasteiger partial charge in [0.1, 0.15) is 18.1 Å². The van der Waals surface area contributed by atoms with Crippen molar-refractivity contribution >= 4 is 17.3 Å². The average molecular weight is 372 g/mol. The van der Waals surface area contributed by atoms with Gasteiger partial charge in [0.25, 0.3) is 0 Å². The van der Waals surface area contributed by atoms with Gasteiger partial charge in [-0.15, -0.1) is 0 Å². The van der Waals surface area contributed by atoms with Crippen LogP contribution in [0.2, 0.25) is 0 Å². The minimum atomic E-state index is -0.151. The molecule has 0 fully saturated rings. The van der Waals surface area contributed by atoms with Crippen LogP contribution in [0, 0.1) is 0 Å². The first-order valence-electron chi connectivity index (χ1n) is 9.29. The molecule has 0 spiro atoms. The van der Waals surface area contributed by atoms with Gasteiger partial charge in [-0.2, -0.15) is 0 Å². The second kappa shape index (κ2) is 11.8. The van der Waals surface area contributed by atoms with Crippen LogP contribution in [-0.4, -0.2) is 38.9 Å². The van der Waals surface area contributed by atoms with Gasteiger partial charge in [0, 0.05) is 12.3 Å². The predicted octanol–water partition coefficient (Wildman–Crippen LogP) is 3.94. The number of benzene rings is 2. The van der Waals surface area contributed by atoms with Gasteiger partial charge >= 0.3 is 0 Å². The first-order chi connectivity index (χ1) is 13.2. The first-order valence-corrected chi connectivity index (χ1v) is 9.29. The number of anilines is 2. The van der Waals surface area contributed by atoms with E-state index in [4.69, 9.17) is 14.2 Å². The number of carbonyl (C=O) groups is 1. The van der Waals surface area contributed by atoms with Crippen LogP contribution >= 0.6 is 0 Å². The summed E-state index contributed by atoms with van der Waals surface area (Å²) >= 11 is 0. The summed E-state index contributed by atoms with van der Waals surface area (Å²) in [5.74, 6) is 1.30. The molecule has 146 valence electrons. The molecule has 0 heterocycles. The molecule has 2 aromatic carbocycles. The van der Waals surface area contributed by atoms with Crippen molar-refractivity contribution in [1.29, 1.82) is 0 Å². The molecule has 0 saturated carbocycles. The molecular formula is C21H28N2O4. The maximum absolute atomic E-state index is 12.2. The zero-order valence-corrected chi connectivity index (χ0v) is 16.0. The lowest BCUT2D eigenvalue weighted by molar-refractivity contribution is -0.114. The number of carbonyl (C=O) groups excluding carboxylic acids is 1. The zero-order valence-electron chi connectivity index (χ0n) is 16.0. The highest BCUT2D eigenvalue weighted by molar-refractivity contribution is 5.95. The fraction of sp³-hybridized carbons (Fsp3) is 0.381. The second-order valence-electron chi connectivity index (χ2n) is 5.82. The van der Waals surface area contributed by atoms with Crippen molar-refractivity contribution in [2.45, 2.75) is 20.3 Å². The third-order valence-corrected chi connectivity index (χ3v) is 3.63. The van der Waals surface area contributed by atoms with Crippen LogP contribution in [0.15, 0.2) is 48.5 Å². The van der Waals surface area contributed by atoms with Crippen LogP contribution in [0.1, 0.15) is 20.3 Å². The van der Waals surface area contributed by atoms with Gasteiger partial charge < -0.3 is 24.8 Å². The van der Waals surface area contributed by atoms with Crippen molar-refractivity contribution in [3.05, 3.63) is 48.5 Å². The lowest BCUT2D eigenvalue weighted by atomic mass is 10.3. The predicted molar refractivity (Wildman–Crippen MR) is 108 cm³/mol. The van der Waals surface area contributed by atoms with Gasteiger partial charge in [0.2, 0.25) is 5.91 Å². The highest BCUT2D eigenvalue weighted by Gasteiger charge is 2.07. The van der Waals surface area contributed by atoms with Crippen LogP contribution in [0.3, 0.4) is 0 Å². The normalized spacial score (nSPS) is 10.3. The maximum Gasteiger partial charge on any atom is 0.243 e. The van der Waals surface area contributed by atoms with E-state index >= 15 is 0 Å². The van der Waals surface area contributed by atoms with Gasteiger partial charge in [-0.3, -0.25) is 4.79 Å². The molecule has 0 saturated heterocycles. The van der Waals surface area contributed by atoms with Gasteiger partial charge in [-0.05, 0) is 49.7 Å². The average Bonchev–Trinajstić information content (AvgIpc) is 2.70. The molecule has 2 rings (SSSR count). The molecule has 27 heavy (non-hydrogen) atoms. The number of nitrogens with one attached hydrogen (secondary N) is 2. The number of ether oxygens (including phenoxy) is 3. The van der Waals surface area contributed by atoms with E-state index in [2.05, 4.69) is 17.6 Å². The van der Waals surface area contributed by atoms with Crippen LogP contribution in [-0.2, 0) is 9.53 Å². The molecule has 0 aliphatic carbocycles. The highest BCUT2D eigenvalue weighted by atomic mass is 16.5. The van der Waals surface area contributed by atoms with E-state index < -0.39 is 0 Å². The quantitative estimate of drug-likeness (QED) is 0.552. The van der Waals surface area contributed by atoms with Crippen molar-refractivity contribution in [3.8, 4) is 11.5 Å². The Morgan fingerprint density at radius 2 is 1.70 bits per heavy atom. The van der Waals surface area contributed by atoms with Crippen LogP contribution in [0.5, 0.6) is 11.5 Å². The summed E-state index contributed by atoms with van der Waals surface area (Å²) in [7, 11) is 0. The highest BCUT2D eigenvalue weighted by Crippen LogP contribution is 2.23. The molecule has 0 aliphatic rings. The number of amides is 1. The first kappa shape index (κ1) is 20.6. The fourth-order valence-corrected chi connectivity index (χ4v) is 2.32. The van der Waals surface area contributed by atoms with E-state index in [-0.39, 0.29) is 12.5 Å².